The molecule has 0 spiro atoms. The third-order valence-corrected chi connectivity index (χ3v) is 7.59. The van der Waals surface area contributed by atoms with Crippen LogP contribution in [-0.2, 0) is 10.0 Å². The first-order valence-corrected chi connectivity index (χ1v) is 12.3. The molecule has 32 heavy (non-hydrogen) atoms. The van der Waals surface area contributed by atoms with E-state index in [2.05, 4.69) is 15.5 Å². The topological polar surface area (TPSA) is 108 Å². The summed E-state index contributed by atoms with van der Waals surface area (Å²) in [6, 6.07) is 11.0. The van der Waals surface area contributed by atoms with E-state index in [1.807, 2.05) is 19.9 Å². The predicted octanol–water partition coefficient (Wildman–Crippen LogP) is 4.03. The van der Waals surface area contributed by atoms with Crippen LogP contribution in [0.4, 0.5) is 22.7 Å². The van der Waals surface area contributed by atoms with Gasteiger partial charge < -0.3 is 15.5 Å². The minimum absolute atomic E-state index is 0.0138. The number of hydrogen-bond donors (Lipinski definition) is 2. The summed E-state index contributed by atoms with van der Waals surface area (Å²) in [5, 5.41) is 17.2. The molecule has 0 aromatic heterocycles. The van der Waals surface area contributed by atoms with Gasteiger partial charge in [0.15, 0.2) is 5.11 Å². The molecule has 1 fully saturated rings. The molecular weight excluding hydrogens is 450 g/mol. The SMILES string of the molecule is CCN(CC)S(=O)(=O)c1ccc(N2CCCC2)c(NC(=S)Nc2ccc([N+](=O)[O-])cc2)c1. The van der Waals surface area contributed by atoms with E-state index >= 15 is 0 Å². The Morgan fingerprint density at radius 3 is 2.28 bits per heavy atom. The Morgan fingerprint density at radius 1 is 1.09 bits per heavy atom. The van der Waals surface area contributed by atoms with Gasteiger partial charge in [0.2, 0.25) is 10.0 Å². The minimum atomic E-state index is -3.62. The van der Waals surface area contributed by atoms with Crippen LogP contribution in [0.3, 0.4) is 0 Å². The van der Waals surface area contributed by atoms with Crippen LogP contribution >= 0.6 is 12.2 Å². The zero-order valence-electron chi connectivity index (χ0n) is 18.1. The molecule has 2 aromatic carbocycles. The highest BCUT2D eigenvalue weighted by Gasteiger charge is 2.24. The van der Waals surface area contributed by atoms with Crippen molar-refractivity contribution in [3.8, 4) is 0 Å². The number of anilines is 3. The van der Waals surface area contributed by atoms with Crippen LogP contribution in [0.5, 0.6) is 0 Å². The van der Waals surface area contributed by atoms with Crippen molar-refractivity contribution in [1.29, 1.82) is 0 Å². The summed E-state index contributed by atoms with van der Waals surface area (Å²) in [5.74, 6) is 0. The Hall–Kier alpha value is -2.76. The molecule has 1 saturated heterocycles. The van der Waals surface area contributed by atoms with Gasteiger partial charge in [0.05, 0.1) is 21.2 Å². The molecule has 1 aliphatic heterocycles. The van der Waals surface area contributed by atoms with E-state index in [0.717, 1.165) is 31.6 Å². The first-order valence-electron chi connectivity index (χ1n) is 10.5. The highest BCUT2D eigenvalue weighted by molar-refractivity contribution is 7.89. The molecule has 9 nitrogen and oxygen atoms in total. The zero-order chi connectivity index (χ0) is 23.3. The van der Waals surface area contributed by atoms with E-state index < -0.39 is 14.9 Å². The molecule has 11 heteroatoms. The smallest absolute Gasteiger partial charge is 0.269 e. The second-order valence-corrected chi connectivity index (χ2v) is 9.69. The van der Waals surface area contributed by atoms with E-state index in [1.54, 1.807) is 24.3 Å². The Bertz CT molecular complexity index is 1080. The fourth-order valence-corrected chi connectivity index (χ4v) is 5.39. The molecule has 2 N–H and O–H groups in total. The quantitative estimate of drug-likeness (QED) is 0.333. The molecule has 0 amide bonds. The first-order chi connectivity index (χ1) is 15.3. The summed E-state index contributed by atoms with van der Waals surface area (Å²) in [4.78, 5) is 12.8. The molecular formula is C21H27N5O4S2. The van der Waals surface area contributed by atoms with Gasteiger partial charge in [0.1, 0.15) is 0 Å². The highest BCUT2D eigenvalue weighted by Crippen LogP contribution is 2.32. The number of rotatable bonds is 8. The van der Waals surface area contributed by atoms with Crippen LogP contribution < -0.4 is 15.5 Å². The predicted molar refractivity (Wildman–Crippen MR) is 131 cm³/mol. The van der Waals surface area contributed by atoms with Gasteiger partial charge in [-0.1, -0.05) is 13.8 Å². The largest absolute Gasteiger partial charge is 0.370 e. The summed E-state index contributed by atoms with van der Waals surface area (Å²) in [6.45, 7) is 6.16. The summed E-state index contributed by atoms with van der Waals surface area (Å²) in [6.07, 6.45) is 2.15. The molecule has 3 rings (SSSR count). The standard InChI is InChI=1S/C21H27N5O4S2/c1-3-25(4-2)32(29,30)18-11-12-20(24-13-5-6-14-24)19(15-18)23-21(31)22-16-7-9-17(10-8-16)26(27)28/h7-12,15H,3-6,13-14H2,1-2H3,(H2,22,23,31). The van der Waals surface area contributed by atoms with Crippen LogP contribution in [0, 0.1) is 10.1 Å². The Kier molecular flexibility index (Phi) is 7.64. The monoisotopic (exact) mass is 477 g/mol. The molecule has 2 aromatic rings. The second-order valence-electron chi connectivity index (χ2n) is 7.35. The van der Waals surface area contributed by atoms with Crippen LogP contribution in [-0.4, -0.2) is 48.9 Å². The number of nitro benzene ring substituents is 1. The van der Waals surface area contributed by atoms with Crippen LogP contribution in [0.15, 0.2) is 47.4 Å². The first kappa shape index (κ1) is 23.9. The Balaban J connectivity index is 1.88. The van der Waals surface area contributed by atoms with Crippen molar-refractivity contribution in [2.75, 3.05) is 41.7 Å². The maximum Gasteiger partial charge on any atom is 0.269 e. The summed E-state index contributed by atoms with van der Waals surface area (Å²) in [7, 11) is -3.62. The van der Waals surface area contributed by atoms with Gasteiger partial charge >= 0.3 is 0 Å². The molecule has 0 saturated carbocycles. The lowest BCUT2D eigenvalue weighted by molar-refractivity contribution is -0.384. The molecule has 0 unspecified atom stereocenters. The van der Waals surface area contributed by atoms with Gasteiger partial charge in [-0.3, -0.25) is 10.1 Å². The maximum atomic E-state index is 13.0. The molecule has 0 bridgehead atoms. The van der Waals surface area contributed by atoms with Crippen molar-refractivity contribution in [1.82, 2.24) is 4.31 Å². The third kappa shape index (κ3) is 5.34. The van der Waals surface area contributed by atoms with E-state index in [-0.39, 0.29) is 15.7 Å². The zero-order valence-corrected chi connectivity index (χ0v) is 19.7. The van der Waals surface area contributed by atoms with Gasteiger partial charge in [0.25, 0.3) is 5.69 Å². The van der Waals surface area contributed by atoms with Crippen molar-refractivity contribution in [3.05, 3.63) is 52.6 Å². The number of nitrogens with one attached hydrogen (secondary N) is 2. The van der Waals surface area contributed by atoms with E-state index in [0.29, 0.717) is 24.5 Å². The summed E-state index contributed by atoms with van der Waals surface area (Å²) < 4.78 is 27.5. The summed E-state index contributed by atoms with van der Waals surface area (Å²) >= 11 is 5.44. The van der Waals surface area contributed by atoms with Crippen molar-refractivity contribution < 1.29 is 13.3 Å². The lowest BCUT2D eigenvalue weighted by atomic mass is 10.2. The van der Waals surface area contributed by atoms with Gasteiger partial charge in [-0.05, 0) is 55.4 Å². The third-order valence-electron chi connectivity index (χ3n) is 5.34. The molecule has 172 valence electrons. The van der Waals surface area contributed by atoms with Crippen molar-refractivity contribution in [2.24, 2.45) is 0 Å². The van der Waals surface area contributed by atoms with Gasteiger partial charge in [-0.15, -0.1) is 0 Å². The van der Waals surface area contributed by atoms with Gasteiger partial charge in [-0.2, -0.15) is 4.31 Å². The maximum absolute atomic E-state index is 13.0. The number of nitro groups is 1. The number of non-ortho nitro benzene ring substituents is 1. The molecule has 0 aliphatic carbocycles. The van der Waals surface area contributed by atoms with E-state index in [4.69, 9.17) is 12.2 Å². The van der Waals surface area contributed by atoms with Crippen LogP contribution in [0.25, 0.3) is 0 Å². The van der Waals surface area contributed by atoms with Crippen molar-refractivity contribution in [3.63, 3.8) is 0 Å². The van der Waals surface area contributed by atoms with Gasteiger partial charge in [0, 0.05) is 44.0 Å². The number of sulfonamides is 1. The average Bonchev–Trinajstić information content (AvgIpc) is 3.29. The normalized spacial score (nSPS) is 13.9. The fraction of sp³-hybridized carbons (Fsp3) is 0.381. The lowest BCUT2D eigenvalue weighted by Gasteiger charge is -2.24. The van der Waals surface area contributed by atoms with Crippen molar-refractivity contribution >= 4 is 50.1 Å². The molecule has 0 atom stereocenters. The van der Waals surface area contributed by atoms with E-state index in [1.165, 1.54) is 16.4 Å². The van der Waals surface area contributed by atoms with Crippen LogP contribution in [0.1, 0.15) is 26.7 Å². The second kappa shape index (κ2) is 10.2. The molecule has 0 radical (unpaired) electrons. The molecule has 1 aliphatic rings. The number of hydrogen-bond acceptors (Lipinski definition) is 6. The van der Waals surface area contributed by atoms with Crippen LogP contribution in [0.2, 0.25) is 0 Å². The minimum Gasteiger partial charge on any atom is -0.370 e. The molecule has 1 heterocycles. The Labute approximate surface area is 193 Å². The number of thiocarbonyl (C=S) groups is 1. The lowest BCUT2D eigenvalue weighted by Crippen LogP contribution is -2.31. The van der Waals surface area contributed by atoms with E-state index in [9.17, 15) is 18.5 Å². The van der Waals surface area contributed by atoms with Crippen molar-refractivity contribution in [2.45, 2.75) is 31.6 Å². The highest BCUT2D eigenvalue weighted by atomic mass is 32.2. The number of benzene rings is 2. The Morgan fingerprint density at radius 2 is 1.72 bits per heavy atom. The average molecular weight is 478 g/mol. The fourth-order valence-electron chi connectivity index (χ4n) is 3.67. The number of nitrogens with zero attached hydrogens (tertiary/aromatic N) is 3. The summed E-state index contributed by atoms with van der Waals surface area (Å²) in [5.41, 5.74) is 2.05. The van der Waals surface area contributed by atoms with Gasteiger partial charge in [-0.25, -0.2) is 8.42 Å².